The molecule has 2 aliphatic heterocycles. The maximum Gasteiger partial charge on any atom is 0.434 e. The lowest BCUT2D eigenvalue weighted by molar-refractivity contribution is -0.141. The van der Waals surface area contributed by atoms with Crippen molar-refractivity contribution < 1.29 is 27.5 Å². The first-order chi connectivity index (χ1) is 18.2. The number of benzene rings is 1. The standard InChI is InChI=1S/C24H20Cl2F3N5O3S/c25-14-1-2-16(26)15(7-14)19-8-17(33-37-19)18-12-38-23(32-18)13-3-5-34(6-4-13)22(35)11-36-21-10-30-20(9-31-21)24(27,28)29/h1-2,7,9-10,12-13,19H,3-6,8,11H2. The van der Waals surface area contributed by atoms with Gasteiger partial charge in [0.25, 0.3) is 5.91 Å². The molecule has 200 valence electrons. The van der Waals surface area contributed by atoms with Crippen LogP contribution in [0.4, 0.5) is 13.2 Å². The molecule has 14 heteroatoms. The van der Waals surface area contributed by atoms with Crippen molar-refractivity contribution >= 4 is 46.2 Å². The number of nitrogens with zero attached hydrogens (tertiary/aromatic N) is 5. The number of piperidine rings is 1. The van der Waals surface area contributed by atoms with Crippen molar-refractivity contribution in [1.29, 1.82) is 0 Å². The van der Waals surface area contributed by atoms with Gasteiger partial charge in [0.15, 0.2) is 18.4 Å². The minimum absolute atomic E-state index is 0.143. The third kappa shape index (κ3) is 6.02. The summed E-state index contributed by atoms with van der Waals surface area (Å²) in [4.78, 5) is 31.4. The summed E-state index contributed by atoms with van der Waals surface area (Å²) in [6.07, 6.45) is -1.51. The lowest BCUT2D eigenvalue weighted by atomic mass is 9.97. The third-order valence-electron chi connectivity index (χ3n) is 6.25. The molecule has 1 atom stereocenters. The van der Waals surface area contributed by atoms with Gasteiger partial charge in [0.1, 0.15) is 5.71 Å². The van der Waals surface area contributed by atoms with Gasteiger partial charge in [0.2, 0.25) is 5.88 Å². The predicted octanol–water partition coefficient (Wildman–Crippen LogP) is 5.91. The second kappa shape index (κ2) is 11.0. The van der Waals surface area contributed by atoms with Gasteiger partial charge in [-0.2, -0.15) is 13.2 Å². The van der Waals surface area contributed by atoms with E-state index in [2.05, 4.69) is 15.1 Å². The number of carbonyl (C=O) groups excluding carboxylic acids is 1. The predicted molar refractivity (Wildman–Crippen MR) is 135 cm³/mol. The number of thiazole rings is 1. The number of likely N-dealkylation sites (tertiary alicyclic amines) is 1. The van der Waals surface area contributed by atoms with Gasteiger partial charge in [0, 0.05) is 46.4 Å². The minimum atomic E-state index is -4.59. The maximum atomic E-state index is 12.6. The Morgan fingerprint density at radius 1 is 1.18 bits per heavy atom. The number of oxime groups is 1. The fraction of sp³-hybridized carbons (Fsp3) is 0.375. The molecular weight excluding hydrogens is 566 g/mol. The Labute approximate surface area is 229 Å². The van der Waals surface area contributed by atoms with Crippen molar-refractivity contribution in [3.63, 3.8) is 0 Å². The first kappa shape index (κ1) is 26.6. The highest BCUT2D eigenvalue weighted by Gasteiger charge is 2.33. The molecule has 1 aromatic carbocycles. The van der Waals surface area contributed by atoms with E-state index in [-0.39, 0.29) is 30.4 Å². The van der Waals surface area contributed by atoms with Crippen LogP contribution < -0.4 is 4.74 Å². The van der Waals surface area contributed by atoms with Gasteiger partial charge in [-0.1, -0.05) is 28.4 Å². The SMILES string of the molecule is O=C(COc1cnc(C(F)(F)F)cn1)N1CCC(c2nc(C3=NOC(c4cc(Cl)ccc4Cl)C3)cs2)CC1. The van der Waals surface area contributed by atoms with Gasteiger partial charge in [-0.25, -0.2) is 15.0 Å². The van der Waals surface area contributed by atoms with Crippen molar-refractivity contribution in [1.82, 2.24) is 19.9 Å². The van der Waals surface area contributed by atoms with Crippen LogP contribution in [0.5, 0.6) is 5.88 Å². The average Bonchev–Trinajstić information content (AvgIpc) is 3.59. The minimum Gasteiger partial charge on any atom is -0.466 e. The molecule has 8 nitrogen and oxygen atoms in total. The molecule has 1 saturated heterocycles. The van der Waals surface area contributed by atoms with E-state index in [9.17, 15) is 18.0 Å². The second-order valence-electron chi connectivity index (χ2n) is 8.75. The van der Waals surface area contributed by atoms with Crippen LogP contribution in [0, 0.1) is 0 Å². The van der Waals surface area contributed by atoms with Crippen LogP contribution >= 0.6 is 34.5 Å². The summed E-state index contributed by atoms with van der Waals surface area (Å²) in [6.45, 7) is 0.698. The van der Waals surface area contributed by atoms with Crippen molar-refractivity contribution in [3.8, 4) is 5.88 Å². The number of rotatable bonds is 6. The highest BCUT2D eigenvalue weighted by Crippen LogP contribution is 2.37. The first-order valence-corrected chi connectivity index (χ1v) is 13.2. The van der Waals surface area contributed by atoms with Gasteiger partial charge in [0.05, 0.1) is 23.1 Å². The normalized spacial score (nSPS) is 18.3. The van der Waals surface area contributed by atoms with Crippen molar-refractivity contribution in [2.24, 2.45) is 5.16 Å². The van der Waals surface area contributed by atoms with Crippen LogP contribution in [-0.2, 0) is 15.8 Å². The van der Waals surface area contributed by atoms with Crippen molar-refractivity contribution in [3.05, 3.63) is 68.0 Å². The van der Waals surface area contributed by atoms with Crippen LogP contribution in [0.2, 0.25) is 10.0 Å². The zero-order valence-electron chi connectivity index (χ0n) is 19.6. The molecule has 0 aliphatic carbocycles. The second-order valence-corrected chi connectivity index (χ2v) is 10.5. The van der Waals surface area contributed by atoms with Crippen LogP contribution in [0.15, 0.2) is 41.1 Å². The van der Waals surface area contributed by atoms with Gasteiger partial charge in [-0.05, 0) is 31.0 Å². The Hall–Kier alpha value is -2.96. The Morgan fingerprint density at radius 2 is 1.97 bits per heavy atom. The molecule has 1 amide bonds. The summed E-state index contributed by atoms with van der Waals surface area (Å²) < 4.78 is 43.0. The molecule has 2 aliphatic rings. The van der Waals surface area contributed by atoms with E-state index in [0.29, 0.717) is 35.8 Å². The van der Waals surface area contributed by atoms with Crippen molar-refractivity contribution in [2.75, 3.05) is 19.7 Å². The van der Waals surface area contributed by atoms with Crippen molar-refractivity contribution in [2.45, 2.75) is 37.5 Å². The van der Waals surface area contributed by atoms with E-state index in [1.165, 1.54) is 0 Å². The number of carbonyl (C=O) groups is 1. The highest BCUT2D eigenvalue weighted by atomic mass is 35.5. The number of hydrogen-bond donors (Lipinski definition) is 0. The number of hydrogen-bond acceptors (Lipinski definition) is 8. The lowest BCUT2D eigenvalue weighted by Gasteiger charge is -2.31. The number of aromatic nitrogens is 3. The van der Waals surface area contributed by atoms with Gasteiger partial charge < -0.3 is 14.5 Å². The van der Waals surface area contributed by atoms with E-state index >= 15 is 0 Å². The molecule has 0 saturated carbocycles. The topological polar surface area (TPSA) is 89.8 Å². The molecule has 3 aromatic rings. The van der Waals surface area contributed by atoms with Crippen LogP contribution in [0.3, 0.4) is 0 Å². The Bertz CT molecular complexity index is 1340. The number of amides is 1. The Balaban J connectivity index is 1.11. The summed E-state index contributed by atoms with van der Waals surface area (Å²) in [5.74, 6) is -0.219. The molecule has 0 bridgehead atoms. The molecule has 4 heterocycles. The van der Waals surface area contributed by atoms with Crippen LogP contribution in [-0.4, -0.2) is 51.2 Å². The number of alkyl halides is 3. The molecule has 38 heavy (non-hydrogen) atoms. The number of ether oxygens (including phenoxy) is 1. The van der Waals surface area contributed by atoms with Gasteiger partial charge in [-0.15, -0.1) is 11.3 Å². The quantitative estimate of drug-likeness (QED) is 0.357. The van der Waals surface area contributed by atoms with Crippen LogP contribution in [0.25, 0.3) is 0 Å². The van der Waals surface area contributed by atoms with Gasteiger partial charge >= 0.3 is 6.18 Å². The molecule has 2 aromatic heterocycles. The summed E-state index contributed by atoms with van der Waals surface area (Å²) in [6, 6.07) is 5.22. The maximum absolute atomic E-state index is 12.6. The summed E-state index contributed by atoms with van der Waals surface area (Å²) >= 11 is 13.9. The van der Waals surface area contributed by atoms with E-state index in [4.69, 9.17) is 37.8 Å². The number of halogens is 5. The molecule has 0 N–H and O–H groups in total. The van der Waals surface area contributed by atoms with E-state index in [1.807, 2.05) is 5.38 Å². The van der Waals surface area contributed by atoms with E-state index in [0.717, 1.165) is 41.0 Å². The Morgan fingerprint density at radius 3 is 2.68 bits per heavy atom. The third-order valence-corrected chi connectivity index (χ3v) is 7.84. The molecule has 0 spiro atoms. The largest absolute Gasteiger partial charge is 0.466 e. The monoisotopic (exact) mass is 585 g/mol. The smallest absolute Gasteiger partial charge is 0.434 e. The average molecular weight is 586 g/mol. The lowest BCUT2D eigenvalue weighted by Crippen LogP contribution is -2.40. The molecule has 1 unspecified atom stereocenters. The highest BCUT2D eigenvalue weighted by molar-refractivity contribution is 7.10. The summed E-state index contributed by atoms with van der Waals surface area (Å²) in [7, 11) is 0. The fourth-order valence-electron chi connectivity index (χ4n) is 4.20. The summed E-state index contributed by atoms with van der Waals surface area (Å²) in [5.41, 5.74) is 1.15. The Kier molecular flexibility index (Phi) is 7.73. The molecule has 1 fully saturated rings. The fourth-order valence-corrected chi connectivity index (χ4v) is 5.62. The van der Waals surface area contributed by atoms with E-state index in [1.54, 1.807) is 34.4 Å². The first-order valence-electron chi connectivity index (χ1n) is 11.6. The molecule has 5 rings (SSSR count). The van der Waals surface area contributed by atoms with Gasteiger partial charge in [-0.3, -0.25) is 4.79 Å². The summed E-state index contributed by atoms with van der Waals surface area (Å²) in [5, 5.41) is 8.27. The van der Waals surface area contributed by atoms with E-state index < -0.39 is 11.9 Å². The van der Waals surface area contributed by atoms with Crippen LogP contribution in [0.1, 0.15) is 53.2 Å². The zero-order chi connectivity index (χ0) is 26.9. The molecule has 0 radical (unpaired) electrons. The molecular formula is C24H20Cl2F3N5O3S. The zero-order valence-corrected chi connectivity index (χ0v) is 21.9.